The fraction of sp³-hybridized carbons (Fsp3) is 0. The van der Waals surface area contributed by atoms with Crippen LogP contribution in [0.4, 0.5) is 15.9 Å². The second-order valence-corrected chi connectivity index (χ2v) is 3.41. The molecule has 86 valence electrons. The summed E-state index contributed by atoms with van der Waals surface area (Å²) < 4.78 is 12.9. The fourth-order valence-corrected chi connectivity index (χ4v) is 1.34. The predicted molar refractivity (Wildman–Crippen MR) is 63.0 cm³/mol. The van der Waals surface area contributed by atoms with Gasteiger partial charge in [-0.15, -0.1) is 0 Å². The smallest absolute Gasteiger partial charge is 0.274 e. The van der Waals surface area contributed by atoms with Crippen LogP contribution in [0.5, 0.6) is 0 Å². The zero-order chi connectivity index (χ0) is 12.3. The van der Waals surface area contributed by atoms with E-state index >= 15 is 0 Å². The molecule has 1 aromatic carbocycles. The third-order valence-corrected chi connectivity index (χ3v) is 2.09. The lowest BCUT2D eigenvalue weighted by molar-refractivity contribution is 0.102. The van der Waals surface area contributed by atoms with Crippen molar-refractivity contribution in [3.8, 4) is 0 Å². The lowest BCUT2D eigenvalue weighted by Gasteiger charge is -2.04. The van der Waals surface area contributed by atoms with E-state index in [1.807, 2.05) is 0 Å². The highest BCUT2D eigenvalue weighted by Gasteiger charge is 2.07. The van der Waals surface area contributed by atoms with Crippen LogP contribution in [0.25, 0.3) is 0 Å². The van der Waals surface area contributed by atoms with E-state index in [1.54, 1.807) is 18.2 Å². The van der Waals surface area contributed by atoms with Crippen molar-refractivity contribution < 1.29 is 9.18 Å². The van der Waals surface area contributed by atoms with Crippen LogP contribution >= 0.6 is 0 Å². The van der Waals surface area contributed by atoms with Crippen molar-refractivity contribution in [1.82, 2.24) is 4.98 Å². The van der Waals surface area contributed by atoms with Gasteiger partial charge < -0.3 is 11.1 Å². The second kappa shape index (κ2) is 4.61. The molecule has 0 saturated carbocycles. The number of nitrogens with zero attached hydrogens (tertiary/aromatic N) is 1. The summed E-state index contributed by atoms with van der Waals surface area (Å²) in [4.78, 5) is 15.6. The lowest BCUT2D eigenvalue weighted by Crippen LogP contribution is -2.14. The topological polar surface area (TPSA) is 68.0 Å². The monoisotopic (exact) mass is 231 g/mol. The van der Waals surface area contributed by atoms with Gasteiger partial charge in [-0.2, -0.15) is 0 Å². The zero-order valence-electron chi connectivity index (χ0n) is 8.85. The van der Waals surface area contributed by atoms with Gasteiger partial charge in [-0.05, 0) is 30.3 Å². The Morgan fingerprint density at radius 1 is 1.24 bits per heavy atom. The van der Waals surface area contributed by atoms with Crippen molar-refractivity contribution in [2.24, 2.45) is 0 Å². The van der Waals surface area contributed by atoms with Gasteiger partial charge in [-0.1, -0.05) is 12.1 Å². The van der Waals surface area contributed by atoms with E-state index in [9.17, 15) is 9.18 Å². The van der Waals surface area contributed by atoms with Crippen molar-refractivity contribution in [2.45, 2.75) is 0 Å². The number of amides is 1. The largest absolute Gasteiger partial charge is 0.384 e. The summed E-state index contributed by atoms with van der Waals surface area (Å²) in [5, 5.41) is 2.53. The van der Waals surface area contributed by atoms with Crippen LogP contribution in [0.15, 0.2) is 42.5 Å². The first-order chi connectivity index (χ1) is 8.15. The molecule has 0 aliphatic heterocycles. The average Bonchev–Trinajstić information content (AvgIpc) is 2.29. The first-order valence-corrected chi connectivity index (χ1v) is 4.94. The standard InChI is InChI=1S/C12H10FN3O/c13-8-3-1-4-9(7-8)15-12(17)10-5-2-6-11(14)16-10/h1-7H,(H2,14,16)(H,15,17). The van der Waals surface area contributed by atoms with Crippen LogP contribution in [0.1, 0.15) is 10.5 Å². The summed E-state index contributed by atoms with van der Waals surface area (Å²) in [6.45, 7) is 0. The fourth-order valence-electron chi connectivity index (χ4n) is 1.34. The Morgan fingerprint density at radius 2 is 2.00 bits per heavy atom. The highest BCUT2D eigenvalue weighted by Crippen LogP contribution is 2.10. The number of pyridine rings is 1. The summed E-state index contributed by atoms with van der Waals surface area (Å²) in [5.74, 6) is -0.580. The molecule has 0 saturated heterocycles. The van der Waals surface area contributed by atoms with Gasteiger partial charge in [0.1, 0.15) is 17.3 Å². The molecule has 4 nitrogen and oxygen atoms in total. The van der Waals surface area contributed by atoms with Crippen molar-refractivity contribution in [1.29, 1.82) is 0 Å². The molecule has 2 aromatic rings. The van der Waals surface area contributed by atoms with Gasteiger partial charge in [0.15, 0.2) is 0 Å². The minimum Gasteiger partial charge on any atom is -0.384 e. The van der Waals surface area contributed by atoms with Crippen LogP contribution in [0, 0.1) is 5.82 Å². The number of carbonyl (C=O) groups excluding carboxylic acids is 1. The Bertz CT molecular complexity index is 557. The lowest BCUT2D eigenvalue weighted by atomic mass is 10.3. The maximum Gasteiger partial charge on any atom is 0.274 e. The first kappa shape index (κ1) is 11.1. The summed E-state index contributed by atoms with van der Waals surface area (Å²) in [6, 6.07) is 10.4. The maximum atomic E-state index is 12.9. The summed E-state index contributed by atoms with van der Waals surface area (Å²) >= 11 is 0. The van der Waals surface area contributed by atoms with Gasteiger partial charge in [0.05, 0.1) is 0 Å². The van der Waals surface area contributed by atoms with Crippen LogP contribution in [0.3, 0.4) is 0 Å². The van der Waals surface area contributed by atoms with Gasteiger partial charge in [-0.25, -0.2) is 9.37 Å². The first-order valence-electron chi connectivity index (χ1n) is 4.94. The van der Waals surface area contributed by atoms with E-state index in [1.165, 1.54) is 24.3 Å². The molecule has 0 aliphatic carbocycles. The molecule has 2 rings (SSSR count). The van der Waals surface area contributed by atoms with Crippen LogP contribution in [0.2, 0.25) is 0 Å². The SMILES string of the molecule is Nc1cccc(C(=O)Nc2cccc(F)c2)n1. The molecule has 1 amide bonds. The third-order valence-electron chi connectivity index (χ3n) is 2.09. The molecule has 0 bridgehead atoms. The number of anilines is 2. The van der Waals surface area contributed by atoms with Crippen molar-refractivity contribution in [3.63, 3.8) is 0 Å². The Kier molecular flexibility index (Phi) is 3.00. The minimum absolute atomic E-state index is 0.189. The number of aromatic nitrogens is 1. The van der Waals surface area contributed by atoms with E-state index in [4.69, 9.17) is 5.73 Å². The Morgan fingerprint density at radius 3 is 2.71 bits per heavy atom. The van der Waals surface area contributed by atoms with Crippen LogP contribution in [-0.4, -0.2) is 10.9 Å². The van der Waals surface area contributed by atoms with E-state index in [0.29, 0.717) is 5.69 Å². The Balaban J connectivity index is 2.17. The molecular weight excluding hydrogens is 221 g/mol. The number of nitrogen functional groups attached to an aromatic ring is 1. The maximum absolute atomic E-state index is 12.9. The number of carbonyl (C=O) groups is 1. The summed E-state index contributed by atoms with van der Waals surface area (Å²) in [5.41, 5.74) is 6.03. The molecule has 17 heavy (non-hydrogen) atoms. The molecule has 0 atom stereocenters. The van der Waals surface area contributed by atoms with E-state index in [0.717, 1.165) is 0 Å². The van der Waals surface area contributed by atoms with Crippen LogP contribution < -0.4 is 11.1 Å². The molecule has 5 heteroatoms. The second-order valence-electron chi connectivity index (χ2n) is 3.41. The molecule has 1 aromatic heterocycles. The number of hydrogen-bond donors (Lipinski definition) is 2. The average molecular weight is 231 g/mol. The summed E-state index contributed by atoms with van der Waals surface area (Å²) in [7, 11) is 0. The molecule has 3 N–H and O–H groups in total. The number of nitrogens with one attached hydrogen (secondary N) is 1. The number of rotatable bonds is 2. The molecule has 0 fully saturated rings. The number of halogens is 1. The molecule has 0 aliphatic rings. The molecule has 0 unspecified atom stereocenters. The van der Waals surface area contributed by atoms with Crippen molar-refractivity contribution in [3.05, 3.63) is 54.0 Å². The number of benzene rings is 1. The van der Waals surface area contributed by atoms with Gasteiger partial charge in [0.2, 0.25) is 0 Å². The molecule has 0 spiro atoms. The minimum atomic E-state index is -0.428. The highest BCUT2D eigenvalue weighted by atomic mass is 19.1. The normalized spacial score (nSPS) is 9.94. The van der Waals surface area contributed by atoms with E-state index in [-0.39, 0.29) is 11.5 Å². The van der Waals surface area contributed by atoms with Gasteiger partial charge in [0.25, 0.3) is 5.91 Å². The van der Waals surface area contributed by atoms with Crippen LogP contribution in [-0.2, 0) is 0 Å². The van der Waals surface area contributed by atoms with E-state index < -0.39 is 11.7 Å². The molecule has 0 radical (unpaired) electrons. The third kappa shape index (κ3) is 2.78. The quantitative estimate of drug-likeness (QED) is 0.831. The van der Waals surface area contributed by atoms with Gasteiger partial charge in [0, 0.05) is 5.69 Å². The number of hydrogen-bond acceptors (Lipinski definition) is 3. The van der Waals surface area contributed by atoms with Crippen molar-refractivity contribution in [2.75, 3.05) is 11.1 Å². The number of nitrogens with two attached hydrogens (primary N) is 1. The van der Waals surface area contributed by atoms with Gasteiger partial charge in [-0.3, -0.25) is 4.79 Å². The molecule has 1 heterocycles. The highest BCUT2D eigenvalue weighted by molar-refractivity contribution is 6.03. The Labute approximate surface area is 97.3 Å². The summed E-state index contributed by atoms with van der Waals surface area (Å²) in [6.07, 6.45) is 0. The van der Waals surface area contributed by atoms with Crippen molar-refractivity contribution >= 4 is 17.4 Å². The predicted octanol–water partition coefficient (Wildman–Crippen LogP) is 2.06. The molecular formula is C12H10FN3O. The van der Waals surface area contributed by atoms with E-state index in [2.05, 4.69) is 10.3 Å². The zero-order valence-corrected chi connectivity index (χ0v) is 8.85. The Hall–Kier alpha value is -2.43. The van der Waals surface area contributed by atoms with Gasteiger partial charge >= 0.3 is 0 Å².